The summed E-state index contributed by atoms with van der Waals surface area (Å²) in [5, 5.41) is 10.3. The van der Waals surface area contributed by atoms with E-state index >= 15 is 0 Å². The Kier molecular flexibility index (Phi) is 5.19. The third-order valence-corrected chi connectivity index (χ3v) is 3.86. The predicted octanol–water partition coefficient (Wildman–Crippen LogP) is 4.88. The van der Waals surface area contributed by atoms with Crippen molar-refractivity contribution >= 4 is 17.3 Å². The summed E-state index contributed by atoms with van der Waals surface area (Å²) in [6, 6.07) is 6.72. The Morgan fingerprint density at radius 3 is 2.30 bits per heavy atom. The van der Waals surface area contributed by atoms with E-state index in [0.29, 0.717) is 17.5 Å². The molecule has 0 amide bonds. The van der Waals surface area contributed by atoms with Crippen molar-refractivity contribution in [3.05, 3.63) is 53.1 Å². The zero-order chi connectivity index (χ0) is 17.0. The van der Waals surface area contributed by atoms with Gasteiger partial charge >= 0.3 is 0 Å². The SMILES string of the molecule is CC(C)(C)/C=C/CCCCC1=C(O)c2ccccc2C(=O)C1=O. The summed E-state index contributed by atoms with van der Waals surface area (Å²) in [7, 11) is 0. The van der Waals surface area contributed by atoms with Crippen LogP contribution in [0.1, 0.15) is 62.4 Å². The van der Waals surface area contributed by atoms with Crippen LogP contribution in [0.15, 0.2) is 42.0 Å². The molecular weight excluding hydrogens is 288 g/mol. The molecule has 3 nitrogen and oxygen atoms in total. The van der Waals surface area contributed by atoms with Gasteiger partial charge in [0.15, 0.2) is 0 Å². The summed E-state index contributed by atoms with van der Waals surface area (Å²) >= 11 is 0. The standard InChI is InChI=1S/C20H24O3/c1-20(2,3)13-9-5-4-6-12-16-17(21)14-10-7-8-11-15(14)18(22)19(16)23/h7-11,13,21H,4-6,12H2,1-3H3/b13-9+. The van der Waals surface area contributed by atoms with E-state index in [4.69, 9.17) is 0 Å². The molecule has 1 N–H and O–H groups in total. The Morgan fingerprint density at radius 2 is 1.65 bits per heavy atom. The van der Waals surface area contributed by atoms with E-state index in [1.165, 1.54) is 0 Å². The summed E-state index contributed by atoms with van der Waals surface area (Å²) in [4.78, 5) is 24.3. The first-order valence-corrected chi connectivity index (χ1v) is 8.09. The van der Waals surface area contributed by atoms with Crippen LogP contribution in [0, 0.1) is 5.41 Å². The van der Waals surface area contributed by atoms with Crippen LogP contribution < -0.4 is 0 Å². The Balaban J connectivity index is 2.01. The van der Waals surface area contributed by atoms with Crippen LogP contribution in [0.2, 0.25) is 0 Å². The number of carbonyl (C=O) groups excluding carboxylic acids is 2. The van der Waals surface area contributed by atoms with Crippen molar-refractivity contribution in [2.75, 3.05) is 0 Å². The largest absolute Gasteiger partial charge is 0.507 e. The molecule has 1 aliphatic carbocycles. The zero-order valence-corrected chi connectivity index (χ0v) is 14.1. The first-order chi connectivity index (χ1) is 10.8. The van der Waals surface area contributed by atoms with Gasteiger partial charge in [0.25, 0.3) is 0 Å². The number of fused-ring (bicyclic) bond motifs is 1. The number of Topliss-reactive ketones (excluding diaryl/α,β-unsaturated/α-hetero) is 2. The molecule has 0 heterocycles. The lowest BCUT2D eigenvalue weighted by atomic mass is 9.86. The van der Waals surface area contributed by atoms with Gasteiger partial charge in [-0.2, -0.15) is 0 Å². The van der Waals surface area contributed by atoms with E-state index in [1.807, 2.05) is 0 Å². The minimum atomic E-state index is -0.563. The molecule has 0 saturated carbocycles. The third kappa shape index (κ3) is 4.19. The third-order valence-electron chi connectivity index (χ3n) is 3.86. The molecule has 2 rings (SSSR count). The van der Waals surface area contributed by atoms with Crippen LogP contribution in [-0.4, -0.2) is 16.7 Å². The Labute approximate surface area is 137 Å². The Hall–Kier alpha value is -2.16. The van der Waals surface area contributed by atoms with Crippen molar-refractivity contribution in [1.82, 2.24) is 0 Å². The van der Waals surface area contributed by atoms with Gasteiger partial charge in [-0.25, -0.2) is 0 Å². The summed E-state index contributed by atoms with van der Waals surface area (Å²) in [5.74, 6) is -1.11. The van der Waals surface area contributed by atoms with Gasteiger partial charge in [-0.15, -0.1) is 0 Å². The van der Waals surface area contributed by atoms with Gasteiger partial charge in [-0.3, -0.25) is 9.59 Å². The number of allylic oxidation sites excluding steroid dienone is 3. The second-order valence-corrected chi connectivity index (χ2v) is 7.05. The maximum atomic E-state index is 12.2. The summed E-state index contributed by atoms with van der Waals surface area (Å²) in [5.41, 5.74) is 1.20. The van der Waals surface area contributed by atoms with Crippen molar-refractivity contribution in [3.8, 4) is 0 Å². The molecule has 0 fully saturated rings. The zero-order valence-electron chi connectivity index (χ0n) is 14.1. The van der Waals surface area contributed by atoms with E-state index in [1.54, 1.807) is 24.3 Å². The van der Waals surface area contributed by atoms with Crippen molar-refractivity contribution < 1.29 is 14.7 Å². The monoisotopic (exact) mass is 312 g/mol. The minimum Gasteiger partial charge on any atom is -0.507 e. The lowest BCUT2D eigenvalue weighted by molar-refractivity contribution is -0.112. The van der Waals surface area contributed by atoms with E-state index in [2.05, 4.69) is 32.9 Å². The minimum absolute atomic E-state index is 0.0320. The molecule has 122 valence electrons. The summed E-state index contributed by atoms with van der Waals surface area (Å²) in [6.07, 6.45) is 7.40. The maximum absolute atomic E-state index is 12.2. The fourth-order valence-electron chi connectivity index (χ4n) is 2.65. The van der Waals surface area contributed by atoms with Gasteiger partial charge in [0.1, 0.15) is 5.76 Å². The smallest absolute Gasteiger partial charge is 0.234 e. The molecule has 0 bridgehead atoms. The second kappa shape index (κ2) is 6.95. The lowest BCUT2D eigenvalue weighted by Gasteiger charge is -2.17. The van der Waals surface area contributed by atoms with Crippen LogP contribution >= 0.6 is 0 Å². The van der Waals surface area contributed by atoms with E-state index < -0.39 is 11.6 Å². The number of hydrogen-bond acceptors (Lipinski definition) is 3. The van der Waals surface area contributed by atoms with E-state index in [9.17, 15) is 14.7 Å². The van der Waals surface area contributed by atoms with Crippen LogP contribution in [-0.2, 0) is 4.79 Å². The van der Waals surface area contributed by atoms with Crippen LogP contribution in [0.4, 0.5) is 0 Å². The van der Waals surface area contributed by atoms with Gasteiger partial charge in [0.05, 0.1) is 0 Å². The number of rotatable bonds is 5. The Morgan fingerprint density at radius 1 is 1.00 bits per heavy atom. The second-order valence-electron chi connectivity index (χ2n) is 7.05. The maximum Gasteiger partial charge on any atom is 0.234 e. The summed E-state index contributed by atoms with van der Waals surface area (Å²) < 4.78 is 0. The number of carbonyl (C=O) groups is 2. The molecule has 0 atom stereocenters. The van der Waals surface area contributed by atoms with Crippen molar-refractivity contribution in [2.24, 2.45) is 5.41 Å². The molecule has 1 aromatic carbocycles. The summed E-state index contributed by atoms with van der Waals surface area (Å²) in [6.45, 7) is 6.45. The average molecular weight is 312 g/mol. The quantitative estimate of drug-likeness (QED) is 0.479. The molecule has 0 radical (unpaired) electrons. The molecule has 0 unspecified atom stereocenters. The van der Waals surface area contributed by atoms with Gasteiger partial charge in [0, 0.05) is 16.7 Å². The fourth-order valence-corrected chi connectivity index (χ4v) is 2.65. The van der Waals surface area contributed by atoms with Gasteiger partial charge < -0.3 is 5.11 Å². The number of hydrogen-bond donors (Lipinski definition) is 1. The highest BCUT2D eigenvalue weighted by Crippen LogP contribution is 2.30. The number of benzene rings is 1. The highest BCUT2D eigenvalue weighted by Gasteiger charge is 2.31. The lowest BCUT2D eigenvalue weighted by Crippen LogP contribution is -2.24. The normalized spacial score (nSPS) is 15.4. The first kappa shape index (κ1) is 17.2. The van der Waals surface area contributed by atoms with Gasteiger partial charge in [-0.1, -0.05) is 57.2 Å². The number of ketones is 2. The number of aliphatic hydroxyl groups excluding tert-OH is 1. The highest BCUT2D eigenvalue weighted by molar-refractivity contribution is 6.52. The van der Waals surface area contributed by atoms with E-state index in [-0.39, 0.29) is 16.7 Å². The predicted molar refractivity (Wildman–Crippen MR) is 92.4 cm³/mol. The number of aliphatic hydroxyl groups is 1. The van der Waals surface area contributed by atoms with Crippen LogP contribution in [0.3, 0.4) is 0 Å². The molecule has 0 aliphatic heterocycles. The number of unbranched alkanes of at least 4 members (excludes halogenated alkanes) is 2. The average Bonchev–Trinajstić information content (AvgIpc) is 2.50. The highest BCUT2D eigenvalue weighted by atomic mass is 16.3. The molecule has 0 spiro atoms. The molecule has 1 aliphatic rings. The Bertz CT molecular complexity index is 672. The van der Waals surface area contributed by atoms with Crippen molar-refractivity contribution in [2.45, 2.75) is 46.5 Å². The van der Waals surface area contributed by atoms with Gasteiger partial charge in [-0.05, 0) is 31.1 Å². The topological polar surface area (TPSA) is 54.4 Å². The van der Waals surface area contributed by atoms with Crippen molar-refractivity contribution in [3.63, 3.8) is 0 Å². The molecule has 23 heavy (non-hydrogen) atoms. The van der Waals surface area contributed by atoms with E-state index in [0.717, 1.165) is 19.3 Å². The van der Waals surface area contributed by atoms with Crippen molar-refractivity contribution in [1.29, 1.82) is 0 Å². The fraction of sp³-hybridized carbons (Fsp3) is 0.400. The van der Waals surface area contributed by atoms with Crippen LogP contribution in [0.25, 0.3) is 5.76 Å². The van der Waals surface area contributed by atoms with Crippen LogP contribution in [0.5, 0.6) is 0 Å². The first-order valence-electron chi connectivity index (χ1n) is 8.09. The van der Waals surface area contributed by atoms with Gasteiger partial charge in [0.2, 0.25) is 11.6 Å². The molecule has 3 heteroatoms. The molecular formula is C20H24O3. The molecule has 0 aromatic heterocycles. The molecule has 0 saturated heterocycles. The molecule has 1 aromatic rings.